The maximum Gasteiger partial charge on any atom is 0.271 e. The van der Waals surface area contributed by atoms with Gasteiger partial charge in [0.15, 0.2) is 11.5 Å². The third-order valence-electron chi connectivity index (χ3n) is 4.74. The van der Waals surface area contributed by atoms with Crippen LogP contribution in [0.15, 0.2) is 47.6 Å². The van der Waals surface area contributed by atoms with E-state index in [0.29, 0.717) is 54.5 Å². The summed E-state index contributed by atoms with van der Waals surface area (Å²) in [6.07, 6.45) is 3.86. The first kappa shape index (κ1) is 24.9. The van der Waals surface area contributed by atoms with Crippen molar-refractivity contribution < 1.29 is 23.8 Å². The van der Waals surface area contributed by atoms with Crippen molar-refractivity contribution in [2.75, 3.05) is 26.4 Å². The molecule has 1 aromatic rings. The number of imide groups is 1. The quantitative estimate of drug-likeness (QED) is 0.224. The molecule has 0 atom stereocenters. The van der Waals surface area contributed by atoms with Crippen LogP contribution in [0.3, 0.4) is 0 Å². The maximum atomic E-state index is 13.1. The molecule has 1 aliphatic rings. The molecule has 0 radical (unpaired) electrons. The van der Waals surface area contributed by atoms with Crippen molar-refractivity contribution in [3.05, 3.63) is 53.1 Å². The molecule has 0 saturated heterocycles. The number of benzene rings is 1. The lowest BCUT2D eigenvalue weighted by molar-refractivity contribution is -0.140. The topological polar surface area (TPSA) is 88.9 Å². The fourth-order valence-electron chi connectivity index (χ4n) is 3.19. The van der Waals surface area contributed by atoms with Gasteiger partial charge < -0.3 is 14.2 Å². The summed E-state index contributed by atoms with van der Waals surface area (Å²) in [6, 6.07) is 7.26. The standard InChI is InChI=1S/C25H30N2O5/c1-6-12-32-22-10-9-19(15-23(22)30-7-2)14-20-18(5)21(16-26)25(29)27(24(20)28)11-8-13-31-17(3)4/h6,9-10,14-15,17H,1,7-8,11-13H2,2-5H3/b20-14+. The van der Waals surface area contributed by atoms with E-state index >= 15 is 0 Å². The Balaban J connectivity index is 2.38. The van der Waals surface area contributed by atoms with E-state index in [-0.39, 0.29) is 18.2 Å². The number of carbonyl (C=O) groups is 2. The van der Waals surface area contributed by atoms with Crippen LogP contribution in [-0.2, 0) is 14.3 Å². The van der Waals surface area contributed by atoms with Crippen LogP contribution in [0.2, 0.25) is 0 Å². The molecule has 0 unspecified atom stereocenters. The molecule has 170 valence electrons. The van der Waals surface area contributed by atoms with Crippen molar-refractivity contribution >= 4 is 17.9 Å². The van der Waals surface area contributed by atoms with Crippen LogP contribution in [0.5, 0.6) is 11.5 Å². The van der Waals surface area contributed by atoms with Gasteiger partial charge in [0.2, 0.25) is 0 Å². The first-order valence-corrected chi connectivity index (χ1v) is 10.6. The van der Waals surface area contributed by atoms with E-state index in [1.807, 2.05) is 26.8 Å². The highest BCUT2D eigenvalue weighted by Crippen LogP contribution is 2.32. The Morgan fingerprint density at radius 2 is 1.94 bits per heavy atom. The highest BCUT2D eigenvalue weighted by molar-refractivity contribution is 6.19. The van der Waals surface area contributed by atoms with Crippen LogP contribution in [-0.4, -0.2) is 49.2 Å². The van der Waals surface area contributed by atoms with Gasteiger partial charge in [0.25, 0.3) is 11.8 Å². The molecule has 0 N–H and O–H groups in total. The van der Waals surface area contributed by atoms with Crippen molar-refractivity contribution in [2.24, 2.45) is 0 Å². The Morgan fingerprint density at radius 1 is 1.19 bits per heavy atom. The van der Waals surface area contributed by atoms with Crippen LogP contribution in [0.25, 0.3) is 6.08 Å². The molecule has 0 spiro atoms. The van der Waals surface area contributed by atoms with Gasteiger partial charge in [0.1, 0.15) is 18.2 Å². The monoisotopic (exact) mass is 438 g/mol. The molecule has 0 aromatic heterocycles. The van der Waals surface area contributed by atoms with Gasteiger partial charge in [-0.25, -0.2) is 0 Å². The normalized spacial score (nSPS) is 15.4. The lowest BCUT2D eigenvalue weighted by Crippen LogP contribution is -2.43. The predicted molar refractivity (Wildman–Crippen MR) is 122 cm³/mol. The molecule has 0 aliphatic carbocycles. The number of nitrogens with zero attached hydrogens (tertiary/aromatic N) is 2. The lowest BCUT2D eigenvalue weighted by atomic mass is 9.93. The van der Waals surface area contributed by atoms with Gasteiger partial charge in [0.05, 0.1) is 12.7 Å². The predicted octanol–water partition coefficient (Wildman–Crippen LogP) is 4.06. The van der Waals surface area contributed by atoms with Gasteiger partial charge in [-0.05, 0) is 63.5 Å². The molecule has 32 heavy (non-hydrogen) atoms. The van der Waals surface area contributed by atoms with Crippen molar-refractivity contribution in [3.63, 3.8) is 0 Å². The minimum Gasteiger partial charge on any atom is -0.490 e. The minimum absolute atomic E-state index is 0.0309. The summed E-state index contributed by atoms with van der Waals surface area (Å²) in [7, 11) is 0. The molecular formula is C25H30N2O5. The first-order chi connectivity index (χ1) is 15.3. The van der Waals surface area contributed by atoms with Gasteiger partial charge in [0, 0.05) is 18.7 Å². The summed E-state index contributed by atoms with van der Waals surface area (Å²) in [5.41, 5.74) is 1.32. The van der Waals surface area contributed by atoms with Crippen LogP contribution in [0.4, 0.5) is 0 Å². The Hall–Kier alpha value is -3.37. The van der Waals surface area contributed by atoms with Crippen molar-refractivity contribution in [1.29, 1.82) is 5.26 Å². The lowest BCUT2D eigenvalue weighted by Gasteiger charge is -2.27. The highest BCUT2D eigenvalue weighted by atomic mass is 16.5. The largest absolute Gasteiger partial charge is 0.490 e. The third kappa shape index (κ3) is 6.08. The van der Waals surface area contributed by atoms with E-state index in [0.717, 1.165) is 4.90 Å². The van der Waals surface area contributed by atoms with E-state index in [9.17, 15) is 14.9 Å². The molecule has 2 amide bonds. The Kier molecular flexibility index (Phi) is 9.23. The zero-order chi connectivity index (χ0) is 23.7. The molecule has 0 fully saturated rings. The Labute approximate surface area is 189 Å². The second-order valence-electron chi connectivity index (χ2n) is 7.44. The number of amides is 2. The van der Waals surface area contributed by atoms with Crippen LogP contribution in [0, 0.1) is 11.3 Å². The molecule has 1 heterocycles. The zero-order valence-corrected chi connectivity index (χ0v) is 19.1. The molecule has 7 heteroatoms. The number of rotatable bonds is 11. The molecule has 1 aromatic carbocycles. The fourth-order valence-corrected chi connectivity index (χ4v) is 3.19. The average molecular weight is 439 g/mol. The first-order valence-electron chi connectivity index (χ1n) is 10.6. The fraction of sp³-hybridized carbons (Fsp3) is 0.400. The van der Waals surface area contributed by atoms with Crippen LogP contribution >= 0.6 is 0 Å². The number of nitriles is 1. The van der Waals surface area contributed by atoms with Gasteiger partial charge >= 0.3 is 0 Å². The summed E-state index contributed by atoms with van der Waals surface area (Å²) >= 11 is 0. The number of carbonyl (C=O) groups excluding carboxylic acids is 2. The summed E-state index contributed by atoms with van der Waals surface area (Å²) < 4.78 is 16.8. The van der Waals surface area contributed by atoms with E-state index in [2.05, 4.69) is 6.58 Å². The summed E-state index contributed by atoms with van der Waals surface area (Å²) in [5.74, 6) is 0.101. The average Bonchev–Trinajstić information content (AvgIpc) is 2.76. The van der Waals surface area contributed by atoms with Gasteiger partial charge in [-0.1, -0.05) is 18.7 Å². The molecule has 7 nitrogen and oxygen atoms in total. The third-order valence-corrected chi connectivity index (χ3v) is 4.74. The molecule has 2 rings (SSSR count). The van der Waals surface area contributed by atoms with Crippen molar-refractivity contribution in [1.82, 2.24) is 4.90 Å². The highest BCUT2D eigenvalue weighted by Gasteiger charge is 2.35. The number of hydrogen-bond acceptors (Lipinski definition) is 6. The minimum atomic E-state index is -0.570. The number of hydrogen-bond donors (Lipinski definition) is 0. The van der Waals surface area contributed by atoms with Gasteiger partial charge in [-0.15, -0.1) is 0 Å². The van der Waals surface area contributed by atoms with Crippen molar-refractivity contribution in [3.8, 4) is 17.6 Å². The SMILES string of the molecule is C=CCOc1ccc(/C=C2/C(=O)N(CCCOC(C)C)C(=O)C(C#N)=C2C)cc1OCC. The van der Waals surface area contributed by atoms with Gasteiger partial charge in [-0.3, -0.25) is 14.5 Å². The molecule has 0 saturated carbocycles. The second-order valence-corrected chi connectivity index (χ2v) is 7.44. The smallest absolute Gasteiger partial charge is 0.271 e. The molecule has 1 aliphatic heterocycles. The summed E-state index contributed by atoms with van der Waals surface area (Å²) in [6.45, 7) is 12.3. The summed E-state index contributed by atoms with van der Waals surface area (Å²) in [5, 5.41) is 9.53. The maximum absolute atomic E-state index is 13.1. The van der Waals surface area contributed by atoms with Gasteiger partial charge in [-0.2, -0.15) is 5.26 Å². The summed E-state index contributed by atoms with van der Waals surface area (Å²) in [4.78, 5) is 27.0. The Bertz CT molecular complexity index is 969. The number of ether oxygens (including phenoxy) is 3. The van der Waals surface area contributed by atoms with E-state index in [1.165, 1.54) is 0 Å². The van der Waals surface area contributed by atoms with E-state index < -0.39 is 11.8 Å². The van der Waals surface area contributed by atoms with Crippen LogP contribution < -0.4 is 9.47 Å². The molecular weight excluding hydrogens is 408 g/mol. The van der Waals surface area contributed by atoms with Crippen LogP contribution in [0.1, 0.15) is 39.7 Å². The van der Waals surface area contributed by atoms with Crippen molar-refractivity contribution in [2.45, 2.75) is 40.2 Å². The van der Waals surface area contributed by atoms with E-state index in [1.54, 1.807) is 37.3 Å². The second kappa shape index (κ2) is 11.9. The zero-order valence-electron chi connectivity index (χ0n) is 19.1. The Morgan fingerprint density at radius 3 is 2.56 bits per heavy atom. The van der Waals surface area contributed by atoms with E-state index in [4.69, 9.17) is 14.2 Å². The molecule has 0 bridgehead atoms.